The van der Waals surface area contributed by atoms with Crippen molar-refractivity contribution in [1.29, 1.82) is 0 Å². The summed E-state index contributed by atoms with van der Waals surface area (Å²) in [6.07, 6.45) is -2.59. The Morgan fingerprint density at radius 2 is 1.83 bits per heavy atom. The van der Waals surface area contributed by atoms with Gasteiger partial charge in [-0.05, 0) is 20.8 Å². The number of alkyl halides is 1. The van der Waals surface area contributed by atoms with Crippen molar-refractivity contribution in [2.24, 2.45) is 0 Å². The van der Waals surface area contributed by atoms with Crippen molar-refractivity contribution >= 4 is 11.9 Å². The van der Waals surface area contributed by atoms with E-state index in [0.717, 1.165) is 0 Å². The highest BCUT2D eigenvalue weighted by atomic mass is 19.1. The zero-order valence-corrected chi connectivity index (χ0v) is 7.13. The fourth-order valence-electron chi connectivity index (χ4n) is 0.454. The second kappa shape index (κ2) is 3.51. The lowest BCUT2D eigenvalue weighted by molar-refractivity contribution is -0.168. The first-order valence-corrected chi connectivity index (χ1v) is 3.34. The number of rotatable bonds is 2. The molecule has 1 N–H and O–H groups in total. The molecule has 0 saturated heterocycles. The van der Waals surface area contributed by atoms with E-state index >= 15 is 0 Å². The summed E-state index contributed by atoms with van der Waals surface area (Å²) in [4.78, 5) is 20.6. The van der Waals surface area contributed by atoms with Crippen LogP contribution in [0.5, 0.6) is 0 Å². The smallest absolute Gasteiger partial charge is 0.353 e. The van der Waals surface area contributed by atoms with E-state index in [9.17, 15) is 14.0 Å². The van der Waals surface area contributed by atoms with Gasteiger partial charge in [0.2, 0.25) is 0 Å². The van der Waals surface area contributed by atoms with Crippen LogP contribution in [0.4, 0.5) is 4.39 Å². The number of ether oxygens (including phenoxy) is 1. The monoisotopic (exact) mass is 178 g/mol. The maximum absolute atomic E-state index is 12.4. The Morgan fingerprint density at radius 1 is 1.42 bits per heavy atom. The molecule has 0 bridgehead atoms. The molecular formula is C7H11FO4. The maximum atomic E-state index is 12.4. The summed E-state index contributed by atoms with van der Waals surface area (Å²) in [6, 6.07) is 0. The third-order valence-corrected chi connectivity index (χ3v) is 0.831. The summed E-state index contributed by atoms with van der Waals surface area (Å²) in [7, 11) is 0. The van der Waals surface area contributed by atoms with Gasteiger partial charge in [0.25, 0.3) is 6.17 Å². The molecule has 0 aromatic rings. The predicted octanol–water partition coefficient (Wildman–Crippen LogP) is 0.751. The normalized spacial score (nSPS) is 13.7. The van der Waals surface area contributed by atoms with Crippen LogP contribution in [0.15, 0.2) is 0 Å². The minimum Gasteiger partial charge on any atom is -0.479 e. The molecule has 0 aliphatic rings. The van der Waals surface area contributed by atoms with Crippen LogP contribution in [-0.2, 0) is 14.3 Å². The van der Waals surface area contributed by atoms with Crippen molar-refractivity contribution in [2.75, 3.05) is 0 Å². The number of carbonyl (C=O) groups is 2. The van der Waals surface area contributed by atoms with E-state index in [4.69, 9.17) is 5.11 Å². The molecule has 0 aliphatic heterocycles. The van der Waals surface area contributed by atoms with E-state index in [0.29, 0.717) is 0 Å². The Bertz CT molecular complexity index is 194. The Balaban J connectivity index is 4.15. The van der Waals surface area contributed by atoms with E-state index < -0.39 is 23.7 Å². The van der Waals surface area contributed by atoms with E-state index in [1.54, 1.807) is 0 Å². The largest absolute Gasteiger partial charge is 0.479 e. The first kappa shape index (κ1) is 10.9. The first-order valence-electron chi connectivity index (χ1n) is 3.34. The van der Waals surface area contributed by atoms with Crippen molar-refractivity contribution in [3.05, 3.63) is 0 Å². The van der Waals surface area contributed by atoms with Crippen molar-refractivity contribution in [3.8, 4) is 0 Å². The topological polar surface area (TPSA) is 63.6 Å². The number of carbonyl (C=O) groups excluding carboxylic acids is 1. The highest BCUT2D eigenvalue weighted by Gasteiger charge is 2.30. The van der Waals surface area contributed by atoms with Crippen LogP contribution in [0.1, 0.15) is 20.8 Å². The Morgan fingerprint density at radius 3 is 2.08 bits per heavy atom. The van der Waals surface area contributed by atoms with Crippen molar-refractivity contribution < 1.29 is 23.8 Å². The van der Waals surface area contributed by atoms with Gasteiger partial charge in [-0.25, -0.2) is 14.0 Å². The predicted molar refractivity (Wildman–Crippen MR) is 38.4 cm³/mol. The highest BCUT2D eigenvalue weighted by Crippen LogP contribution is 2.09. The highest BCUT2D eigenvalue weighted by molar-refractivity contribution is 5.96. The summed E-state index contributed by atoms with van der Waals surface area (Å²) in [5.41, 5.74) is -0.864. The average Bonchev–Trinajstić information content (AvgIpc) is 1.82. The van der Waals surface area contributed by atoms with Gasteiger partial charge in [-0.3, -0.25) is 0 Å². The molecule has 12 heavy (non-hydrogen) atoms. The van der Waals surface area contributed by atoms with Crippen LogP contribution in [0.3, 0.4) is 0 Å². The van der Waals surface area contributed by atoms with Crippen LogP contribution >= 0.6 is 0 Å². The standard InChI is InChI=1S/C7H11FO4/c1-7(2,3)12-6(11)4(8)5(9)10/h4H,1-3H3,(H,9,10). The zero-order valence-electron chi connectivity index (χ0n) is 7.13. The number of halogens is 1. The molecule has 0 fully saturated rings. The fraction of sp³-hybridized carbons (Fsp3) is 0.714. The molecule has 0 aromatic carbocycles. The number of aliphatic carboxylic acids is 1. The van der Waals surface area contributed by atoms with E-state index in [2.05, 4.69) is 4.74 Å². The van der Waals surface area contributed by atoms with Crippen LogP contribution < -0.4 is 0 Å². The van der Waals surface area contributed by atoms with Gasteiger partial charge in [-0.1, -0.05) is 0 Å². The van der Waals surface area contributed by atoms with Crippen molar-refractivity contribution in [3.63, 3.8) is 0 Å². The molecule has 0 saturated carbocycles. The van der Waals surface area contributed by atoms with E-state index in [1.165, 1.54) is 20.8 Å². The van der Waals surface area contributed by atoms with Gasteiger partial charge < -0.3 is 9.84 Å². The number of esters is 1. The minimum atomic E-state index is -2.59. The zero-order chi connectivity index (χ0) is 9.94. The molecule has 0 aliphatic carbocycles. The van der Waals surface area contributed by atoms with Crippen LogP contribution in [0.25, 0.3) is 0 Å². The summed E-state index contributed by atoms with van der Waals surface area (Å²) in [6.45, 7) is 4.58. The fourth-order valence-corrected chi connectivity index (χ4v) is 0.454. The molecule has 4 nitrogen and oxygen atoms in total. The van der Waals surface area contributed by atoms with Crippen LogP contribution in [0, 0.1) is 0 Å². The Hall–Kier alpha value is -1.13. The lowest BCUT2D eigenvalue weighted by atomic mass is 10.2. The van der Waals surface area contributed by atoms with Crippen molar-refractivity contribution in [1.82, 2.24) is 0 Å². The lowest BCUT2D eigenvalue weighted by Crippen LogP contribution is -2.33. The molecule has 0 radical (unpaired) electrons. The quantitative estimate of drug-likeness (QED) is 0.500. The molecule has 0 heterocycles. The van der Waals surface area contributed by atoms with Crippen LogP contribution in [0.2, 0.25) is 0 Å². The second-order valence-corrected chi connectivity index (χ2v) is 3.23. The third kappa shape index (κ3) is 3.90. The SMILES string of the molecule is CC(C)(C)OC(=O)C(F)C(=O)O. The maximum Gasteiger partial charge on any atom is 0.353 e. The van der Waals surface area contributed by atoms with E-state index in [1.807, 2.05) is 0 Å². The summed E-state index contributed by atoms with van der Waals surface area (Å²) in [5, 5.41) is 8.07. The van der Waals surface area contributed by atoms with Crippen molar-refractivity contribution in [2.45, 2.75) is 32.5 Å². The van der Waals surface area contributed by atoms with Crippen LogP contribution in [-0.4, -0.2) is 28.8 Å². The molecule has 5 heteroatoms. The molecule has 1 unspecified atom stereocenters. The molecule has 0 rings (SSSR count). The van der Waals surface area contributed by atoms with Gasteiger partial charge in [-0.2, -0.15) is 0 Å². The van der Waals surface area contributed by atoms with E-state index in [-0.39, 0.29) is 0 Å². The summed E-state index contributed by atoms with van der Waals surface area (Å²) in [5.74, 6) is -3.20. The number of carboxylic acids is 1. The number of carboxylic acid groups (broad SMARTS) is 1. The van der Waals surface area contributed by atoms with Gasteiger partial charge in [0.05, 0.1) is 0 Å². The molecule has 70 valence electrons. The van der Waals surface area contributed by atoms with Gasteiger partial charge in [0.15, 0.2) is 0 Å². The molecular weight excluding hydrogens is 167 g/mol. The lowest BCUT2D eigenvalue weighted by Gasteiger charge is -2.19. The Kier molecular flexibility index (Phi) is 3.18. The van der Waals surface area contributed by atoms with Gasteiger partial charge >= 0.3 is 11.9 Å². The molecule has 0 aromatic heterocycles. The molecule has 1 atom stereocenters. The van der Waals surface area contributed by atoms with Gasteiger partial charge in [-0.15, -0.1) is 0 Å². The third-order valence-electron chi connectivity index (χ3n) is 0.831. The number of hydrogen-bond donors (Lipinski definition) is 1. The molecule has 0 spiro atoms. The minimum absolute atomic E-state index is 0.864. The Labute approximate surface area is 69.3 Å². The molecule has 0 amide bonds. The summed E-state index contributed by atoms with van der Waals surface area (Å²) < 4.78 is 16.8. The number of hydrogen-bond acceptors (Lipinski definition) is 3. The first-order chi connectivity index (χ1) is 5.24. The second-order valence-electron chi connectivity index (χ2n) is 3.23. The van der Waals surface area contributed by atoms with Gasteiger partial charge in [0.1, 0.15) is 5.60 Å². The van der Waals surface area contributed by atoms with Gasteiger partial charge in [0, 0.05) is 0 Å². The summed E-state index contributed by atoms with van der Waals surface area (Å²) >= 11 is 0. The average molecular weight is 178 g/mol.